The summed E-state index contributed by atoms with van der Waals surface area (Å²) in [5, 5.41) is 11.9. The molecule has 0 atom stereocenters. The van der Waals surface area contributed by atoms with Crippen LogP contribution in [-0.4, -0.2) is 17.0 Å². The highest BCUT2D eigenvalue weighted by Crippen LogP contribution is 2.27. The SMILES string of the molecule is O=C(O)Cc1ccccc1NC(=O)c1cccc(Br)c1Cl. The number of carbonyl (C=O) groups excluding carboxylic acids is 1. The molecule has 0 aliphatic heterocycles. The number of rotatable bonds is 4. The Morgan fingerprint density at radius 3 is 2.57 bits per heavy atom. The number of halogens is 2. The van der Waals surface area contributed by atoms with E-state index in [0.717, 1.165) is 0 Å². The molecule has 1 amide bonds. The highest BCUT2D eigenvalue weighted by atomic mass is 79.9. The number of carbonyl (C=O) groups is 2. The van der Waals surface area contributed by atoms with Crippen LogP contribution in [0.5, 0.6) is 0 Å². The lowest BCUT2D eigenvalue weighted by atomic mass is 10.1. The first-order valence-electron chi connectivity index (χ1n) is 6.04. The van der Waals surface area contributed by atoms with Crippen molar-refractivity contribution in [3.63, 3.8) is 0 Å². The van der Waals surface area contributed by atoms with Crippen LogP contribution in [0.1, 0.15) is 15.9 Å². The number of benzene rings is 2. The smallest absolute Gasteiger partial charge is 0.307 e. The van der Waals surface area contributed by atoms with Gasteiger partial charge < -0.3 is 10.4 Å². The molecular weight excluding hydrogens is 358 g/mol. The standard InChI is InChI=1S/C15H11BrClNO3/c16-11-6-3-5-10(14(11)17)15(21)18-12-7-2-1-4-9(12)8-13(19)20/h1-7H,8H2,(H,18,21)(H,19,20). The van der Waals surface area contributed by atoms with Gasteiger partial charge in [-0.15, -0.1) is 0 Å². The number of carboxylic acids is 1. The largest absolute Gasteiger partial charge is 0.481 e. The van der Waals surface area contributed by atoms with E-state index in [-0.39, 0.29) is 12.3 Å². The molecule has 0 spiro atoms. The van der Waals surface area contributed by atoms with Crippen LogP contribution in [0, 0.1) is 0 Å². The Morgan fingerprint density at radius 1 is 1.14 bits per heavy atom. The zero-order valence-electron chi connectivity index (χ0n) is 10.8. The molecule has 2 rings (SSSR count). The maximum atomic E-state index is 12.3. The zero-order chi connectivity index (χ0) is 15.4. The fraction of sp³-hybridized carbons (Fsp3) is 0.0667. The average molecular weight is 369 g/mol. The Morgan fingerprint density at radius 2 is 1.86 bits per heavy atom. The lowest BCUT2D eigenvalue weighted by Crippen LogP contribution is -2.15. The van der Waals surface area contributed by atoms with Gasteiger partial charge in [-0.05, 0) is 39.7 Å². The third-order valence-corrected chi connectivity index (χ3v) is 4.10. The molecule has 0 saturated carbocycles. The molecule has 0 unspecified atom stereocenters. The van der Waals surface area contributed by atoms with Crippen molar-refractivity contribution in [1.82, 2.24) is 0 Å². The predicted octanol–water partition coefficient (Wildman–Crippen LogP) is 3.98. The monoisotopic (exact) mass is 367 g/mol. The van der Waals surface area contributed by atoms with Gasteiger partial charge >= 0.3 is 5.97 Å². The molecule has 0 bridgehead atoms. The van der Waals surface area contributed by atoms with Crippen LogP contribution in [-0.2, 0) is 11.2 Å². The highest BCUT2D eigenvalue weighted by Gasteiger charge is 2.14. The number of carboxylic acid groups (broad SMARTS) is 1. The van der Waals surface area contributed by atoms with Crippen molar-refractivity contribution in [3.05, 3.63) is 63.1 Å². The Kier molecular flexibility index (Phi) is 4.98. The number of amides is 1. The zero-order valence-corrected chi connectivity index (χ0v) is 13.1. The second-order valence-electron chi connectivity index (χ2n) is 4.28. The molecule has 21 heavy (non-hydrogen) atoms. The van der Waals surface area contributed by atoms with E-state index in [2.05, 4.69) is 21.2 Å². The van der Waals surface area contributed by atoms with Crippen LogP contribution in [0.4, 0.5) is 5.69 Å². The van der Waals surface area contributed by atoms with Gasteiger partial charge in [0.05, 0.1) is 17.0 Å². The highest BCUT2D eigenvalue weighted by molar-refractivity contribution is 9.10. The van der Waals surface area contributed by atoms with Crippen molar-refractivity contribution < 1.29 is 14.7 Å². The molecule has 0 aliphatic carbocycles. The van der Waals surface area contributed by atoms with Crippen molar-refractivity contribution in [3.8, 4) is 0 Å². The van der Waals surface area contributed by atoms with Gasteiger partial charge in [0.2, 0.25) is 0 Å². The lowest BCUT2D eigenvalue weighted by molar-refractivity contribution is -0.136. The molecule has 0 saturated heterocycles. The summed E-state index contributed by atoms with van der Waals surface area (Å²) >= 11 is 9.33. The first-order valence-corrected chi connectivity index (χ1v) is 7.21. The number of hydrogen-bond acceptors (Lipinski definition) is 2. The van der Waals surface area contributed by atoms with Crippen molar-refractivity contribution >= 4 is 45.1 Å². The summed E-state index contributed by atoms with van der Waals surface area (Å²) in [7, 11) is 0. The molecule has 6 heteroatoms. The van der Waals surface area contributed by atoms with E-state index >= 15 is 0 Å². The average Bonchev–Trinajstić information content (AvgIpc) is 2.43. The number of para-hydroxylation sites is 1. The van der Waals surface area contributed by atoms with Gasteiger partial charge in [0.15, 0.2) is 0 Å². The Balaban J connectivity index is 2.28. The molecular formula is C15H11BrClNO3. The summed E-state index contributed by atoms with van der Waals surface area (Å²) in [4.78, 5) is 23.1. The van der Waals surface area contributed by atoms with E-state index in [4.69, 9.17) is 16.7 Å². The minimum Gasteiger partial charge on any atom is -0.481 e. The van der Waals surface area contributed by atoms with E-state index in [1.165, 1.54) is 0 Å². The van der Waals surface area contributed by atoms with Gasteiger partial charge in [0, 0.05) is 10.2 Å². The van der Waals surface area contributed by atoms with Gasteiger partial charge in [-0.25, -0.2) is 0 Å². The summed E-state index contributed by atoms with van der Waals surface area (Å²) in [5.41, 5.74) is 1.31. The van der Waals surface area contributed by atoms with Crippen LogP contribution in [0.2, 0.25) is 5.02 Å². The molecule has 0 fully saturated rings. The van der Waals surface area contributed by atoms with Crippen LogP contribution >= 0.6 is 27.5 Å². The topological polar surface area (TPSA) is 66.4 Å². The number of anilines is 1. The number of aliphatic carboxylic acids is 1. The second-order valence-corrected chi connectivity index (χ2v) is 5.52. The molecule has 2 N–H and O–H groups in total. The van der Waals surface area contributed by atoms with Gasteiger partial charge in [0.1, 0.15) is 0 Å². The molecule has 0 heterocycles. The Bertz CT molecular complexity index is 703. The fourth-order valence-corrected chi connectivity index (χ4v) is 2.41. The summed E-state index contributed by atoms with van der Waals surface area (Å²) in [6.07, 6.45) is -0.164. The van der Waals surface area contributed by atoms with Gasteiger partial charge in [0.25, 0.3) is 5.91 Å². The fourth-order valence-electron chi connectivity index (χ4n) is 1.83. The number of nitrogens with one attached hydrogen (secondary N) is 1. The van der Waals surface area contributed by atoms with E-state index in [9.17, 15) is 9.59 Å². The Labute approximate surface area is 134 Å². The summed E-state index contributed by atoms with van der Waals surface area (Å²) < 4.78 is 0.621. The maximum absolute atomic E-state index is 12.3. The van der Waals surface area contributed by atoms with Gasteiger partial charge in [-0.2, -0.15) is 0 Å². The van der Waals surface area contributed by atoms with E-state index in [1.807, 2.05) is 0 Å². The Hall–Kier alpha value is -1.85. The van der Waals surface area contributed by atoms with Crippen molar-refractivity contribution in [1.29, 1.82) is 0 Å². The first-order chi connectivity index (χ1) is 9.99. The first kappa shape index (κ1) is 15.5. The molecule has 2 aromatic rings. The molecule has 108 valence electrons. The minimum atomic E-state index is -0.961. The van der Waals surface area contributed by atoms with Gasteiger partial charge in [-0.3, -0.25) is 9.59 Å². The van der Waals surface area contributed by atoms with Crippen LogP contribution in [0.15, 0.2) is 46.9 Å². The second kappa shape index (κ2) is 6.74. The van der Waals surface area contributed by atoms with Crippen LogP contribution in [0.3, 0.4) is 0 Å². The molecule has 4 nitrogen and oxygen atoms in total. The normalized spacial score (nSPS) is 10.2. The van der Waals surface area contributed by atoms with Gasteiger partial charge in [-0.1, -0.05) is 35.9 Å². The maximum Gasteiger partial charge on any atom is 0.307 e. The van der Waals surface area contributed by atoms with E-state index < -0.39 is 5.97 Å². The third kappa shape index (κ3) is 3.83. The summed E-state index contributed by atoms with van der Waals surface area (Å²) in [5.74, 6) is -1.35. The molecule has 2 aromatic carbocycles. The molecule has 0 radical (unpaired) electrons. The number of hydrogen-bond donors (Lipinski definition) is 2. The molecule has 0 aliphatic rings. The lowest BCUT2D eigenvalue weighted by Gasteiger charge is -2.11. The van der Waals surface area contributed by atoms with Crippen LogP contribution in [0.25, 0.3) is 0 Å². The van der Waals surface area contributed by atoms with E-state index in [0.29, 0.717) is 26.3 Å². The third-order valence-electron chi connectivity index (χ3n) is 2.80. The van der Waals surface area contributed by atoms with Crippen molar-refractivity contribution in [2.45, 2.75) is 6.42 Å². The minimum absolute atomic E-state index is 0.164. The van der Waals surface area contributed by atoms with Crippen LogP contribution < -0.4 is 5.32 Å². The summed E-state index contributed by atoms with van der Waals surface area (Å²) in [6, 6.07) is 11.8. The van der Waals surface area contributed by atoms with Crippen molar-refractivity contribution in [2.24, 2.45) is 0 Å². The quantitative estimate of drug-likeness (QED) is 0.858. The molecule has 0 aromatic heterocycles. The van der Waals surface area contributed by atoms with Crippen molar-refractivity contribution in [2.75, 3.05) is 5.32 Å². The van der Waals surface area contributed by atoms with E-state index in [1.54, 1.807) is 42.5 Å². The predicted molar refractivity (Wildman–Crippen MR) is 84.9 cm³/mol. The summed E-state index contributed by atoms with van der Waals surface area (Å²) in [6.45, 7) is 0.